The molecule has 0 radical (unpaired) electrons. The second-order valence-electron chi connectivity index (χ2n) is 9.05. The molecule has 1 saturated heterocycles. The molecule has 1 aliphatic carbocycles. The van der Waals surface area contributed by atoms with Crippen LogP contribution in [0.2, 0.25) is 5.02 Å². The number of hydrogen-bond donors (Lipinski definition) is 2. The number of halogens is 1. The lowest BCUT2D eigenvalue weighted by Gasteiger charge is -2.26. The predicted octanol–water partition coefficient (Wildman–Crippen LogP) is 4.51. The van der Waals surface area contributed by atoms with E-state index in [-0.39, 0.29) is 11.8 Å². The second-order valence-corrected chi connectivity index (χ2v) is 12.5. The zero-order valence-electron chi connectivity index (χ0n) is 17.8. The molecule has 2 aliphatic rings. The number of quaternary nitrogens is 1. The molecule has 4 rings (SSSR count). The molecular weight excluding hydrogens is 416 g/mol. The summed E-state index contributed by atoms with van der Waals surface area (Å²) in [6.07, 6.45) is 7.76. The van der Waals surface area contributed by atoms with Crippen LogP contribution in [0.25, 0.3) is 11.1 Å². The molecule has 1 saturated carbocycles. The topological polar surface area (TPSA) is 57.2 Å². The van der Waals surface area contributed by atoms with Crippen molar-refractivity contribution in [1.29, 1.82) is 0 Å². The summed E-state index contributed by atoms with van der Waals surface area (Å²) in [4.78, 5) is 15.3. The molecule has 4 nitrogen and oxygen atoms in total. The SMILES string of the molecule is CS(C)(O)[NH2+]C1CCCN(C(=O)C2CC2c2ccc(Cl)cc2-c2ccccc2)CC1. The molecular formula is C24H32ClN2O2S+. The molecule has 0 spiro atoms. The van der Waals surface area contributed by atoms with E-state index in [1.54, 1.807) is 0 Å². The smallest absolute Gasteiger partial charge is 0.226 e. The first-order chi connectivity index (χ1) is 14.3. The van der Waals surface area contributed by atoms with Gasteiger partial charge in [0.05, 0.1) is 6.04 Å². The van der Waals surface area contributed by atoms with Gasteiger partial charge in [0.15, 0.2) is 0 Å². The fraction of sp³-hybridized carbons (Fsp3) is 0.458. The van der Waals surface area contributed by atoms with Crippen molar-refractivity contribution in [2.45, 2.75) is 37.6 Å². The highest BCUT2D eigenvalue weighted by molar-refractivity contribution is 8.22. The van der Waals surface area contributed by atoms with Crippen LogP contribution in [0.3, 0.4) is 0 Å². The largest absolute Gasteiger partial charge is 0.342 e. The van der Waals surface area contributed by atoms with E-state index in [9.17, 15) is 9.35 Å². The van der Waals surface area contributed by atoms with E-state index in [1.165, 1.54) is 5.56 Å². The van der Waals surface area contributed by atoms with E-state index in [0.717, 1.165) is 54.9 Å². The Kier molecular flexibility index (Phi) is 6.44. The van der Waals surface area contributed by atoms with Crippen LogP contribution in [0.15, 0.2) is 48.5 Å². The van der Waals surface area contributed by atoms with Crippen molar-refractivity contribution in [3.05, 3.63) is 59.1 Å². The molecule has 3 unspecified atom stereocenters. The van der Waals surface area contributed by atoms with Crippen LogP contribution in [-0.4, -0.2) is 47.0 Å². The molecule has 1 heterocycles. The maximum atomic E-state index is 13.2. The third-order valence-corrected chi connectivity index (χ3v) is 7.50. The maximum absolute atomic E-state index is 13.2. The highest BCUT2D eigenvalue weighted by atomic mass is 35.5. The number of nitrogens with zero attached hydrogens (tertiary/aromatic N) is 1. The first-order valence-corrected chi connectivity index (χ1v) is 13.6. The molecule has 0 aromatic heterocycles. The molecule has 2 aromatic carbocycles. The van der Waals surface area contributed by atoms with E-state index < -0.39 is 10.5 Å². The number of benzene rings is 2. The van der Waals surface area contributed by atoms with Crippen molar-refractivity contribution in [2.24, 2.45) is 5.92 Å². The second kappa shape index (κ2) is 8.91. The lowest BCUT2D eigenvalue weighted by atomic mass is 9.96. The number of carbonyl (C=O) groups excluding carboxylic acids is 1. The van der Waals surface area contributed by atoms with Gasteiger partial charge in [-0.3, -0.25) is 9.52 Å². The Morgan fingerprint density at radius 3 is 2.63 bits per heavy atom. The Hall–Kier alpha value is -1.53. The van der Waals surface area contributed by atoms with Gasteiger partial charge < -0.3 is 9.45 Å². The van der Waals surface area contributed by atoms with Gasteiger partial charge in [0.1, 0.15) is 0 Å². The molecule has 162 valence electrons. The average molecular weight is 448 g/mol. The van der Waals surface area contributed by atoms with Gasteiger partial charge in [-0.15, -0.1) is 0 Å². The Morgan fingerprint density at radius 1 is 1.13 bits per heavy atom. The van der Waals surface area contributed by atoms with Gasteiger partial charge in [-0.1, -0.05) is 48.0 Å². The van der Waals surface area contributed by atoms with Gasteiger partial charge in [-0.05, 0) is 58.1 Å². The van der Waals surface area contributed by atoms with Crippen molar-refractivity contribution in [1.82, 2.24) is 4.90 Å². The Morgan fingerprint density at radius 2 is 1.90 bits per heavy atom. The first kappa shape index (κ1) is 21.7. The van der Waals surface area contributed by atoms with Crippen molar-refractivity contribution in [3.63, 3.8) is 0 Å². The van der Waals surface area contributed by atoms with E-state index in [0.29, 0.717) is 11.9 Å². The molecule has 1 aliphatic heterocycles. The minimum atomic E-state index is -1.60. The highest BCUT2D eigenvalue weighted by Gasteiger charge is 2.47. The van der Waals surface area contributed by atoms with Gasteiger partial charge in [-0.2, -0.15) is 0 Å². The molecule has 2 fully saturated rings. The molecule has 1 amide bonds. The third kappa shape index (κ3) is 5.20. The number of rotatable bonds is 5. The van der Waals surface area contributed by atoms with Crippen molar-refractivity contribution >= 4 is 28.0 Å². The van der Waals surface area contributed by atoms with Crippen LogP contribution in [0.1, 0.15) is 37.2 Å². The molecule has 6 heteroatoms. The zero-order valence-corrected chi connectivity index (χ0v) is 19.3. The van der Waals surface area contributed by atoms with E-state index in [4.69, 9.17) is 11.6 Å². The van der Waals surface area contributed by atoms with Crippen LogP contribution in [0.5, 0.6) is 0 Å². The van der Waals surface area contributed by atoms with Gasteiger partial charge >= 0.3 is 0 Å². The van der Waals surface area contributed by atoms with Crippen LogP contribution in [0, 0.1) is 5.92 Å². The quantitative estimate of drug-likeness (QED) is 0.708. The maximum Gasteiger partial charge on any atom is 0.226 e. The summed E-state index contributed by atoms with van der Waals surface area (Å²) >= 11 is 6.30. The lowest BCUT2D eigenvalue weighted by Crippen LogP contribution is -2.89. The highest BCUT2D eigenvalue weighted by Crippen LogP contribution is 2.51. The summed E-state index contributed by atoms with van der Waals surface area (Å²) < 4.78 is 12.3. The molecule has 0 bridgehead atoms. The van der Waals surface area contributed by atoms with E-state index >= 15 is 0 Å². The number of hydrogen-bond acceptors (Lipinski definition) is 2. The average Bonchev–Trinajstić information content (AvgIpc) is 3.51. The Labute approximate surface area is 186 Å². The first-order valence-electron chi connectivity index (χ1n) is 10.8. The Balaban J connectivity index is 1.44. The molecule has 30 heavy (non-hydrogen) atoms. The van der Waals surface area contributed by atoms with E-state index in [2.05, 4.69) is 27.8 Å². The van der Waals surface area contributed by atoms with Crippen LogP contribution >= 0.6 is 22.1 Å². The van der Waals surface area contributed by atoms with Gasteiger partial charge in [0.2, 0.25) is 5.91 Å². The monoisotopic (exact) mass is 447 g/mol. The normalized spacial score (nSPS) is 24.9. The van der Waals surface area contributed by atoms with Gasteiger partial charge in [0.25, 0.3) is 0 Å². The van der Waals surface area contributed by atoms with Crippen molar-refractivity contribution in [2.75, 3.05) is 25.6 Å². The summed E-state index contributed by atoms with van der Waals surface area (Å²) in [7, 11) is -1.60. The number of nitrogens with two attached hydrogens (primary N) is 1. The van der Waals surface area contributed by atoms with Gasteiger partial charge in [0, 0.05) is 49.4 Å². The zero-order chi connectivity index (χ0) is 21.3. The van der Waals surface area contributed by atoms with Crippen molar-refractivity contribution in [3.8, 4) is 11.1 Å². The number of amides is 1. The number of carbonyl (C=O) groups is 1. The summed E-state index contributed by atoms with van der Waals surface area (Å²) in [5, 5.41) is 0.727. The standard InChI is InChI=1S/C24H31ClN2O2S/c1-30(2,29)26-19-9-6-13-27(14-12-19)24(28)23-16-22(23)20-11-10-18(25)15-21(20)17-7-4-3-5-8-17/h3-5,7-8,10-11,15,19,22-23,26,29H,6,9,12-14,16H2,1-2H3/p+1. The minimum absolute atomic E-state index is 0.0778. The Bertz CT molecular complexity index is 900. The summed E-state index contributed by atoms with van der Waals surface area (Å²) in [6, 6.07) is 16.8. The van der Waals surface area contributed by atoms with E-state index in [1.807, 2.05) is 42.8 Å². The minimum Gasteiger partial charge on any atom is -0.342 e. The molecule has 3 N–H and O–H groups in total. The van der Waals surface area contributed by atoms with Crippen LogP contribution in [0.4, 0.5) is 0 Å². The van der Waals surface area contributed by atoms with Gasteiger partial charge in [-0.25, -0.2) is 0 Å². The fourth-order valence-electron chi connectivity index (χ4n) is 4.72. The third-order valence-electron chi connectivity index (χ3n) is 6.22. The van der Waals surface area contributed by atoms with Crippen molar-refractivity contribution < 1.29 is 14.1 Å². The lowest BCUT2D eigenvalue weighted by molar-refractivity contribution is -0.541. The molecule has 2 aromatic rings. The summed E-state index contributed by atoms with van der Waals surface area (Å²) in [6.45, 7) is 1.63. The molecule has 3 atom stereocenters. The number of likely N-dealkylation sites (tertiary alicyclic amines) is 1. The fourth-order valence-corrected chi connectivity index (χ4v) is 6.10. The summed E-state index contributed by atoms with van der Waals surface area (Å²) in [5.74, 6) is 0.649. The predicted molar refractivity (Wildman–Crippen MR) is 126 cm³/mol. The van der Waals surface area contributed by atoms with Crippen LogP contribution < -0.4 is 4.72 Å². The summed E-state index contributed by atoms with van der Waals surface area (Å²) in [5.41, 5.74) is 3.52. The van der Waals surface area contributed by atoms with Crippen LogP contribution in [-0.2, 0) is 4.79 Å².